The van der Waals surface area contributed by atoms with Crippen molar-refractivity contribution >= 4 is 11.8 Å². The van der Waals surface area contributed by atoms with Crippen molar-refractivity contribution in [1.29, 1.82) is 0 Å². The van der Waals surface area contributed by atoms with Crippen LogP contribution in [0.1, 0.15) is 107 Å². The van der Waals surface area contributed by atoms with Gasteiger partial charge in [0.15, 0.2) is 0 Å². The highest BCUT2D eigenvalue weighted by atomic mass is 19.1. The van der Waals surface area contributed by atoms with Gasteiger partial charge in [-0.05, 0) is 60.7 Å². The SMILES string of the molecule is CCCCCCCC=C(F)c1ccc(C(=O)O)c(-c2ccc(OCCCCCCCC)cc2)c1. The molecular formula is C30H41FO3. The molecule has 0 spiro atoms. The van der Waals surface area contributed by atoms with Crippen molar-refractivity contribution in [2.45, 2.75) is 90.9 Å². The van der Waals surface area contributed by atoms with E-state index in [-0.39, 0.29) is 11.4 Å². The molecule has 0 unspecified atom stereocenters. The molecule has 0 fully saturated rings. The Labute approximate surface area is 205 Å². The molecule has 0 aliphatic heterocycles. The summed E-state index contributed by atoms with van der Waals surface area (Å²) in [6.45, 7) is 5.07. The molecule has 0 bridgehead atoms. The first kappa shape index (κ1) is 27.6. The van der Waals surface area contributed by atoms with Gasteiger partial charge in [0, 0.05) is 5.56 Å². The van der Waals surface area contributed by atoms with E-state index in [0.29, 0.717) is 24.2 Å². The van der Waals surface area contributed by atoms with Gasteiger partial charge >= 0.3 is 5.97 Å². The lowest BCUT2D eigenvalue weighted by atomic mass is 9.96. The van der Waals surface area contributed by atoms with E-state index in [1.807, 2.05) is 24.3 Å². The van der Waals surface area contributed by atoms with Crippen LogP contribution in [0.5, 0.6) is 5.75 Å². The second-order valence-corrected chi connectivity index (χ2v) is 8.96. The molecule has 0 aromatic heterocycles. The van der Waals surface area contributed by atoms with Crippen molar-refractivity contribution in [1.82, 2.24) is 0 Å². The summed E-state index contributed by atoms with van der Waals surface area (Å²) in [6, 6.07) is 12.1. The first-order valence-corrected chi connectivity index (χ1v) is 13.0. The van der Waals surface area contributed by atoms with Crippen LogP contribution in [0.2, 0.25) is 0 Å². The fourth-order valence-electron chi connectivity index (χ4n) is 4.02. The van der Waals surface area contributed by atoms with E-state index in [1.54, 1.807) is 18.2 Å². The number of aromatic carboxylic acids is 1. The van der Waals surface area contributed by atoms with Crippen molar-refractivity contribution in [3.8, 4) is 16.9 Å². The number of halogens is 1. The zero-order valence-electron chi connectivity index (χ0n) is 21.0. The van der Waals surface area contributed by atoms with Crippen LogP contribution in [0.25, 0.3) is 17.0 Å². The summed E-state index contributed by atoms with van der Waals surface area (Å²) in [5.41, 5.74) is 1.83. The van der Waals surface area contributed by atoms with Gasteiger partial charge in [-0.2, -0.15) is 0 Å². The van der Waals surface area contributed by atoms with E-state index in [2.05, 4.69) is 13.8 Å². The fraction of sp³-hybridized carbons (Fsp3) is 0.500. The zero-order valence-corrected chi connectivity index (χ0v) is 21.0. The third-order valence-corrected chi connectivity index (χ3v) is 6.09. The Hall–Kier alpha value is -2.62. The van der Waals surface area contributed by atoms with Crippen LogP contribution >= 0.6 is 0 Å². The summed E-state index contributed by atoms with van der Waals surface area (Å²) in [4.78, 5) is 11.8. The first-order chi connectivity index (χ1) is 16.6. The maximum atomic E-state index is 14.8. The molecule has 2 aromatic carbocycles. The van der Waals surface area contributed by atoms with Crippen molar-refractivity contribution in [3.63, 3.8) is 0 Å². The molecule has 0 heterocycles. The normalized spacial score (nSPS) is 11.6. The zero-order chi connectivity index (χ0) is 24.6. The first-order valence-electron chi connectivity index (χ1n) is 13.0. The molecule has 2 rings (SSSR count). The minimum absolute atomic E-state index is 0.164. The summed E-state index contributed by atoms with van der Waals surface area (Å²) in [5, 5.41) is 9.64. The monoisotopic (exact) mass is 468 g/mol. The summed E-state index contributed by atoms with van der Waals surface area (Å²) >= 11 is 0. The van der Waals surface area contributed by atoms with Gasteiger partial charge < -0.3 is 9.84 Å². The molecular weight excluding hydrogens is 427 g/mol. The number of carbonyl (C=O) groups is 1. The molecule has 4 heteroatoms. The van der Waals surface area contributed by atoms with Crippen LogP contribution in [-0.2, 0) is 0 Å². The standard InChI is InChI=1S/C30H41FO3/c1-3-5-7-9-11-13-15-29(31)25-18-21-27(30(32)33)28(23-25)24-16-19-26(20-17-24)34-22-14-12-10-8-6-4-2/h15-21,23H,3-14,22H2,1-2H3,(H,32,33). The maximum Gasteiger partial charge on any atom is 0.336 e. The van der Waals surface area contributed by atoms with Gasteiger partial charge in [-0.15, -0.1) is 0 Å². The Balaban J connectivity index is 2.01. The summed E-state index contributed by atoms with van der Waals surface area (Å²) in [7, 11) is 0. The van der Waals surface area contributed by atoms with E-state index in [1.165, 1.54) is 57.4 Å². The largest absolute Gasteiger partial charge is 0.494 e. The molecule has 0 radical (unpaired) electrons. The summed E-state index contributed by atoms with van der Waals surface area (Å²) in [6.07, 6.45) is 15.2. The van der Waals surface area contributed by atoms with Crippen LogP contribution in [0.4, 0.5) is 4.39 Å². The molecule has 186 valence electrons. The number of hydrogen-bond donors (Lipinski definition) is 1. The molecule has 1 N–H and O–H groups in total. The summed E-state index contributed by atoms with van der Waals surface area (Å²) in [5.74, 6) is -0.558. The number of allylic oxidation sites excluding steroid dienone is 1. The Morgan fingerprint density at radius 3 is 2.12 bits per heavy atom. The Bertz CT molecular complexity index is 886. The highest BCUT2D eigenvalue weighted by molar-refractivity contribution is 5.96. The minimum atomic E-state index is -1.02. The lowest BCUT2D eigenvalue weighted by Gasteiger charge is -2.11. The summed E-state index contributed by atoms with van der Waals surface area (Å²) < 4.78 is 20.6. The van der Waals surface area contributed by atoms with Gasteiger partial charge in [0.2, 0.25) is 0 Å². The van der Waals surface area contributed by atoms with E-state index in [9.17, 15) is 14.3 Å². The topological polar surface area (TPSA) is 46.5 Å². The fourth-order valence-corrected chi connectivity index (χ4v) is 4.02. The van der Waals surface area contributed by atoms with Crippen molar-refractivity contribution in [2.75, 3.05) is 6.61 Å². The van der Waals surface area contributed by atoms with Crippen molar-refractivity contribution in [2.24, 2.45) is 0 Å². The number of hydrogen-bond acceptors (Lipinski definition) is 2. The number of rotatable bonds is 17. The molecule has 0 aliphatic rings. The third kappa shape index (κ3) is 9.70. The second-order valence-electron chi connectivity index (χ2n) is 8.96. The highest BCUT2D eigenvalue weighted by Gasteiger charge is 2.14. The smallest absolute Gasteiger partial charge is 0.336 e. The van der Waals surface area contributed by atoms with E-state index in [0.717, 1.165) is 30.6 Å². The predicted octanol–water partition coefficient (Wildman–Crippen LogP) is 9.46. The maximum absolute atomic E-state index is 14.8. The molecule has 2 aromatic rings. The second kappa shape index (κ2) is 16.1. The van der Waals surface area contributed by atoms with E-state index < -0.39 is 5.97 Å². The van der Waals surface area contributed by atoms with Gasteiger partial charge in [0.1, 0.15) is 11.6 Å². The van der Waals surface area contributed by atoms with Gasteiger partial charge in [-0.1, -0.05) is 89.8 Å². The molecule has 34 heavy (non-hydrogen) atoms. The van der Waals surface area contributed by atoms with Crippen LogP contribution in [0.3, 0.4) is 0 Å². The van der Waals surface area contributed by atoms with Gasteiger partial charge in [0.25, 0.3) is 0 Å². The van der Waals surface area contributed by atoms with Crippen LogP contribution in [0.15, 0.2) is 48.5 Å². The van der Waals surface area contributed by atoms with Gasteiger partial charge in [0.05, 0.1) is 12.2 Å². The van der Waals surface area contributed by atoms with Gasteiger partial charge in [-0.25, -0.2) is 9.18 Å². The van der Waals surface area contributed by atoms with Crippen LogP contribution < -0.4 is 4.74 Å². The Morgan fingerprint density at radius 2 is 1.47 bits per heavy atom. The number of carboxylic acids is 1. The van der Waals surface area contributed by atoms with Crippen LogP contribution in [0, 0.1) is 0 Å². The number of ether oxygens (including phenoxy) is 1. The third-order valence-electron chi connectivity index (χ3n) is 6.09. The Morgan fingerprint density at radius 1 is 0.853 bits per heavy atom. The van der Waals surface area contributed by atoms with Crippen molar-refractivity contribution in [3.05, 3.63) is 59.7 Å². The molecule has 0 atom stereocenters. The molecule has 0 amide bonds. The predicted molar refractivity (Wildman–Crippen MR) is 140 cm³/mol. The minimum Gasteiger partial charge on any atom is -0.494 e. The van der Waals surface area contributed by atoms with E-state index >= 15 is 0 Å². The molecule has 0 saturated carbocycles. The average molecular weight is 469 g/mol. The molecule has 0 saturated heterocycles. The molecule has 0 aliphatic carbocycles. The lowest BCUT2D eigenvalue weighted by Crippen LogP contribution is -2.01. The number of unbranched alkanes of at least 4 members (excludes halogenated alkanes) is 10. The molecule has 3 nitrogen and oxygen atoms in total. The van der Waals surface area contributed by atoms with Crippen molar-refractivity contribution < 1.29 is 19.0 Å². The lowest BCUT2D eigenvalue weighted by molar-refractivity contribution is 0.0697. The van der Waals surface area contributed by atoms with E-state index in [4.69, 9.17) is 4.74 Å². The average Bonchev–Trinajstić information content (AvgIpc) is 2.85. The highest BCUT2D eigenvalue weighted by Crippen LogP contribution is 2.30. The Kier molecular flexibility index (Phi) is 13.1. The number of benzene rings is 2. The number of carboxylic acid groups (broad SMARTS) is 1. The van der Waals surface area contributed by atoms with Gasteiger partial charge in [-0.3, -0.25) is 0 Å². The van der Waals surface area contributed by atoms with Crippen LogP contribution in [-0.4, -0.2) is 17.7 Å². The quantitative estimate of drug-likeness (QED) is 0.235.